The molecule has 20 heavy (non-hydrogen) atoms. The van der Waals surface area contributed by atoms with Gasteiger partial charge in [0.1, 0.15) is 17.6 Å². The first-order chi connectivity index (χ1) is 9.72. The summed E-state index contributed by atoms with van der Waals surface area (Å²) in [6, 6.07) is 6.28. The topological polar surface area (TPSA) is 39.9 Å². The Morgan fingerprint density at radius 1 is 1.30 bits per heavy atom. The minimum absolute atomic E-state index is 0.437. The second-order valence-electron chi connectivity index (χ2n) is 6.19. The highest BCUT2D eigenvalue weighted by molar-refractivity contribution is 5.45. The molecule has 1 atom stereocenters. The number of pyridine rings is 1. The van der Waals surface area contributed by atoms with E-state index in [2.05, 4.69) is 34.2 Å². The molecule has 0 bridgehead atoms. The average molecular weight is 267 g/mol. The molecule has 1 aliphatic carbocycles. The lowest BCUT2D eigenvalue weighted by Crippen LogP contribution is -2.44. The molecule has 3 nitrogen and oxygen atoms in total. The van der Waals surface area contributed by atoms with Crippen molar-refractivity contribution in [2.24, 2.45) is 5.41 Å². The van der Waals surface area contributed by atoms with Gasteiger partial charge < -0.3 is 4.90 Å². The first-order valence-electron chi connectivity index (χ1n) is 7.50. The Balaban J connectivity index is 1.83. The third-order valence-corrected chi connectivity index (χ3v) is 4.73. The van der Waals surface area contributed by atoms with Crippen LogP contribution in [0.1, 0.15) is 43.4 Å². The third kappa shape index (κ3) is 2.43. The van der Waals surface area contributed by atoms with Crippen molar-refractivity contribution in [3.63, 3.8) is 0 Å². The number of rotatable bonds is 1. The zero-order valence-electron chi connectivity index (χ0n) is 12.1. The van der Waals surface area contributed by atoms with Crippen LogP contribution in [0.5, 0.6) is 0 Å². The van der Waals surface area contributed by atoms with E-state index in [0.717, 1.165) is 24.5 Å². The van der Waals surface area contributed by atoms with Gasteiger partial charge in [-0.05, 0) is 56.1 Å². The monoisotopic (exact) mass is 267 g/mol. The van der Waals surface area contributed by atoms with E-state index in [1.54, 1.807) is 0 Å². The molecule has 1 aromatic heterocycles. The predicted octanol–water partition coefficient (Wildman–Crippen LogP) is 3.59. The summed E-state index contributed by atoms with van der Waals surface area (Å²) in [4.78, 5) is 6.92. The second kappa shape index (κ2) is 5.28. The molecule has 1 saturated heterocycles. The van der Waals surface area contributed by atoms with Gasteiger partial charge in [0, 0.05) is 13.1 Å². The Morgan fingerprint density at radius 3 is 2.95 bits per heavy atom. The van der Waals surface area contributed by atoms with Crippen molar-refractivity contribution < 1.29 is 0 Å². The molecule has 1 spiro atoms. The molecule has 3 rings (SSSR count). The van der Waals surface area contributed by atoms with E-state index in [1.165, 1.54) is 32.1 Å². The molecule has 1 fully saturated rings. The minimum atomic E-state index is 0.437. The van der Waals surface area contributed by atoms with Crippen LogP contribution in [0.2, 0.25) is 0 Å². The maximum atomic E-state index is 9.14. The summed E-state index contributed by atoms with van der Waals surface area (Å²) < 4.78 is 0. The fraction of sp³-hybridized carbons (Fsp3) is 0.529. The van der Waals surface area contributed by atoms with Crippen molar-refractivity contribution in [3.05, 3.63) is 35.5 Å². The van der Waals surface area contributed by atoms with Gasteiger partial charge >= 0.3 is 0 Å². The number of hydrogen-bond donors (Lipinski definition) is 0. The molecule has 2 heterocycles. The van der Waals surface area contributed by atoms with Crippen LogP contribution in [0.3, 0.4) is 0 Å². The lowest BCUT2D eigenvalue weighted by Gasteiger charge is -2.44. The largest absolute Gasteiger partial charge is 0.356 e. The highest BCUT2D eigenvalue weighted by atomic mass is 15.2. The summed E-state index contributed by atoms with van der Waals surface area (Å²) in [6.07, 6.45) is 10.9. The molecule has 1 unspecified atom stereocenters. The standard InChI is InChI=1S/C17H21N3/c1-14-6-7-16(19-15(14)12-18)20-11-5-10-17(13-20)8-3-2-4-9-17/h2-3,6-7H,4-5,8-11,13H2,1H3. The van der Waals surface area contributed by atoms with Gasteiger partial charge in [-0.25, -0.2) is 4.98 Å². The maximum Gasteiger partial charge on any atom is 0.145 e. The van der Waals surface area contributed by atoms with Crippen molar-refractivity contribution >= 4 is 5.82 Å². The van der Waals surface area contributed by atoms with Gasteiger partial charge in [0.25, 0.3) is 0 Å². The van der Waals surface area contributed by atoms with Crippen LogP contribution >= 0.6 is 0 Å². The summed E-state index contributed by atoms with van der Waals surface area (Å²) in [5.41, 5.74) is 1.96. The lowest BCUT2D eigenvalue weighted by atomic mass is 9.71. The average Bonchev–Trinajstić information content (AvgIpc) is 2.48. The summed E-state index contributed by atoms with van der Waals surface area (Å²) in [5, 5.41) is 9.14. The summed E-state index contributed by atoms with van der Waals surface area (Å²) >= 11 is 0. The number of aromatic nitrogens is 1. The maximum absolute atomic E-state index is 9.14. The molecule has 0 amide bonds. The van der Waals surface area contributed by atoms with Gasteiger partial charge in [-0.3, -0.25) is 0 Å². The van der Waals surface area contributed by atoms with Gasteiger partial charge in [0.15, 0.2) is 0 Å². The summed E-state index contributed by atoms with van der Waals surface area (Å²) in [6.45, 7) is 4.09. The number of anilines is 1. The Morgan fingerprint density at radius 2 is 2.20 bits per heavy atom. The molecule has 3 heteroatoms. The zero-order chi connectivity index (χ0) is 14.0. The highest BCUT2D eigenvalue weighted by Gasteiger charge is 2.35. The normalized spacial score (nSPS) is 25.7. The molecular weight excluding hydrogens is 246 g/mol. The molecule has 0 N–H and O–H groups in total. The van der Waals surface area contributed by atoms with E-state index < -0.39 is 0 Å². The van der Waals surface area contributed by atoms with Crippen LogP contribution < -0.4 is 4.90 Å². The number of allylic oxidation sites excluding steroid dienone is 2. The zero-order valence-corrected chi connectivity index (χ0v) is 12.1. The van der Waals surface area contributed by atoms with E-state index in [1.807, 2.05) is 13.0 Å². The van der Waals surface area contributed by atoms with Crippen LogP contribution in [-0.4, -0.2) is 18.1 Å². The molecule has 104 valence electrons. The molecule has 0 saturated carbocycles. The Labute approximate surface area is 120 Å². The fourth-order valence-corrected chi connectivity index (χ4v) is 3.52. The summed E-state index contributed by atoms with van der Waals surface area (Å²) in [5.74, 6) is 0.973. The van der Waals surface area contributed by atoms with Gasteiger partial charge in [-0.15, -0.1) is 0 Å². The van der Waals surface area contributed by atoms with Crippen molar-refractivity contribution in [2.45, 2.75) is 39.0 Å². The second-order valence-corrected chi connectivity index (χ2v) is 6.19. The first-order valence-corrected chi connectivity index (χ1v) is 7.50. The predicted molar refractivity (Wildman–Crippen MR) is 80.6 cm³/mol. The molecular formula is C17H21N3. The molecule has 1 aliphatic heterocycles. The molecule has 0 radical (unpaired) electrons. The SMILES string of the molecule is Cc1ccc(N2CCCC3(CC=CCC3)C2)nc1C#N. The number of nitrogens with zero attached hydrogens (tertiary/aromatic N) is 3. The minimum Gasteiger partial charge on any atom is -0.356 e. The van der Waals surface area contributed by atoms with Crippen molar-refractivity contribution in [3.8, 4) is 6.07 Å². The van der Waals surface area contributed by atoms with E-state index >= 15 is 0 Å². The quantitative estimate of drug-likeness (QED) is 0.730. The third-order valence-electron chi connectivity index (χ3n) is 4.73. The van der Waals surface area contributed by atoms with Gasteiger partial charge in [0.05, 0.1) is 0 Å². The highest BCUT2D eigenvalue weighted by Crippen LogP contribution is 2.41. The number of piperidine rings is 1. The van der Waals surface area contributed by atoms with Crippen LogP contribution in [0.4, 0.5) is 5.82 Å². The Kier molecular flexibility index (Phi) is 3.48. The van der Waals surface area contributed by atoms with E-state index in [0.29, 0.717) is 11.1 Å². The lowest BCUT2D eigenvalue weighted by molar-refractivity contribution is 0.209. The Bertz CT molecular complexity index is 570. The van der Waals surface area contributed by atoms with E-state index in [-0.39, 0.29) is 0 Å². The Hall–Kier alpha value is -1.82. The smallest absolute Gasteiger partial charge is 0.145 e. The number of aryl methyl sites for hydroxylation is 1. The molecule has 0 aromatic carbocycles. The van der Waals surface area contributed by atoms with Gasteiger partial charge in [-0.2, -0.15) is 5.26 Å². The van der Waals surface area contributed by atoms with Crippen LogP contribution in [0.15, 0.2) is 24.3 Å². The first kappa shape index (κ1) is 13.2. The van der Waals surface area contributed by atoms with E-state index in [9.17, 15) is 0 Å². The number of nitriles is 1. The van der Waals surface area contributed by atoms with Crippen molar-refractivity contribution in [2.75, 3.05) is 18.0 Å². The van der Waals surface area contributed by atoms with E-state index in [4.69, 9.17) is 5.26 Å². The summed E-state index contributed by atoms with van der Waals surface area (Å²) in [7, 11) is 0. The van der Waals surface area contributed by atoms with Crippen LogP contribution in [0.25, 0.3) is 0 Å². The van der Waals surface area contributed by atoms with Crippen LogP contribution in [0, 0.1) is 23.7 Å². The molecule has 2 aliphatic rings. The molecule has 1 aromatic rings. The van der Waals surface area contributed by atoms with Gasteiger partial charge in [0.2, 0.25) is 0 Å². The van der Waals surface area contributed by atoms with Gasteiger partial charge in [-0.1, -0.05) is 18.2 Å². The van der Waals surface area contributed by atoms with Crippen molar-refractivity contribution in [1.82, 2.24) is 4.98 Å². The van der Waals surface area contributed by atoms with Crippen molar-refractivity contribution in [1.29, 1.82) is 5.26 Å². The number of hydrogen-bond acceptors (Lipinski definition) is 3. The fourth-order valence-electron chi connectivity index (χ4n) is 3.52. The van der Waals surface area contributed by atoms with Crippen LogP contribution in [-0.2, 0) is 0 Å².